The molecule has 0 spiro atoms. The zero-order chi connectivity index (χ0) is 25.2. The summed E-state index contributed by atoms with van der Waals surface area (Å²) in [5.41, 5.74) is 4.35. The second kappa shape index (κ2) is 10.3. The Morgan fingerprint density at radius 1 is 1.03 bits per heavy atom. The van der Waals surface area contributed by atoms with Gasteiger partial charge < -0.3 is 4.57 Å². The molecule has 1 amide bonds. The summed E-state index contributed by atoms with van der Waals surface area (Å²) in [5, 5.41) is 18.7. The predicted octanol–water partition coefficient (Wildman–Crippen LogP) is 7.23. The highest BCUT2D eigenvalue weighted by Crippen LogP contribution is 2.32. The van der Waals surface area contributed by atoms with Gasteiger partial charge in [0.25, 0.3) is 5.91 Å². The molecule has 2 aromatic carbocycles. The number of carbonyl (C=O) groups excluding carboxylic acids is 1. The fourth-order valence-electron chi connectivity index (χ4n) is 4.88. The van der Waals surface area contributed by atoms with Crippen LogP contribution in [0.5, 0.6) is 0 Å². The number of fused-ring (bicyclic) bond motifs is 2. The average Bonchev–Trinajstić information content (AvgIpc) is 3.40. The molecule has 36 heavy (non-hydrogen) atoms. The molecule has 0 unspecified atom stereocenters. The van der Waals surface area contributed by atoms with Gasteiger partial charge in [0.2, 0.25) is 5.17 Å². The van der Waals surface area contributed by atoms with Gasteiger partial charge in [-0.15, -0.1) is 0 Å². The van der Waals surface area contributed by atoms with Crippen LogP contribution in [-0.4, -0.2) is 31.5 Å². The van der Waals surface area contributed by atoms with E-state index in [4.69, 9.17) is 5.41 Å². The molecule has 1 aromatic heterocycles. The molecule has 1 N–H and O–H groups in total. The molecular formula is C29H31N5OS. The molecule has 0 saturated carbocycles. The molecule has 6 nitrogen and oxygen atoms in total. The lowest BCUT2D eigenvalue weighted by Gasteiger charge is -2.20. The molecule has 2 aliphatic rings. The zero-order valence-electron chi connectivity index (χ0n) is 21.0. The molecule has 0 saturated heterocycles. The fourth-order valence-corrected chi connectivity index (χ4v) is 5.80. The summed E-state index contributed by atoms with van der Waals surface area (Å²) in [6.45, 7) is 6.32. The standard InChI is InChI=1S/C29H31N5OS/c1-4-5-6-7-8-16-26-32-34-27(30)24(28(35)31-29(34)36-26)18-22-17-19(2)33(20(22)3)25-15-11-13-21-12-9-10-14-23(21)25/h9-15,17-18,30H,4-8,16H2,1-3H3/b24-18-,30-27?. The summed E-state index contributed by atoms with van der Waals surface area (Å²) in [4.78, 5) is 17.2. The first-order valence-corrected chi connectivity index (χ1v) is 13.5. The first-order valence-electron chi connectivity index (χ1n) is 12.6. The third-order valence-corrected chi connectivity index (χ3v) is 7.74. The van der Waals surface area contributed by atoms with Crippen molar-refractivity contribution in [1.82, 2.24) is 9.58 Å². The van der Waals surface area contributed by atoms with Crippen molar-refractivity contribution in [3.63, 3.8) is 0 Å². The number of amidine groups is 2. The maximum absolute atomic E-state index is 12.9. The number of unbranched alkanes of at least 4 members (excludes halogenated alkanes) is 4. The summed E-state index contributed by atoms with van der Waals surface area (Å²) in [5.74, 6) is -0.290. The van der Waals surface area contributed by atoms with Crippen LogP contribution < -0.4 is 0 Å². The topological polar surface area (TPSA) is 73.8 Å². The minimum Gasteiger partial charge on any atom is -0.317 e. The average molecular weight is 498 g/mol. The van der Waals surface area contributed by atoms with Crippen LogP contribution in [0.3, 0.4) is 0 Å². The Morgan fingerprint density at radius 3 is 2.64 bits per heavy atom. The number of hydrazone groups is 1. The molecule has 2 aliphatic heterocycles. The molecule has 3 aromatic rings. The molecule has 7 heteroatoms. The predicted molar refractivity (Wildman–Crippen MR) is 151 cm³/mol. The monoisotopic (exact) mass is 497 g/mol. The third-order valence-electron chi connectivity index (χ3n) is 6.77. The van der Waals surface area contributed by atoms with Gasteiger partial charge in [-0.1, -0.05) is 69.0 Å². The van der Waals surface area contributed by atoms with Crippen LogP contribution in [0.4, 0.5) is 0 Å². The lowest BCUT2D eigenvalue weighted by atomic mass is 10.1. The van der Waals surface area contributed by atoms with E-state index in [2.05, 4.69) is 71.0 Å². The van der Waals surface area contributed by atoms with E-state index in [9.17, 15) is 4.79 Å². The largest absolute Gasteiger partial charge is 0.317 e. The number of amides is 1. The minimum atomic E-state index is -0.381. The Labute approximate surface area is 216 Å². The number of hydrogen-bond acceptors (Lipinski definition) is 4. The van der Waals surface area contributed by atoms with Crippen molar-refractivity contribution in [2.75, 3.05) is 0 Å². The van der Waals surface area contributed by atoms with Gasteiger partial charge in [0.15, 0.2) is 5.84 Å². The lowest BCUT2D eigenvalue weighted by molar-refractivity contribution is -0.114. The fraction of sp³-hybridized carbons (Fsp3) is 0.310. The molecule has 0 atom stereocenters. The second-order valence-corrected chi connectivity index (χ2v) is 10.4. The first-order chi connectivity index (χ1) is 17.5. The van der Waals surface area contributed by atoms with Gasteiger partial charge in [0.05, 0.1) is 11.3 Å². The van der Waals surface area contributed by atoms with E-state index < -0.39 is 0 Å². The van der Waals surface area contributed by atoms with Crippen LogP contribution in [-0.2, 0) is 4.79 Å². The van der Waals surface area contributed by atoms with Gasteiger partial charge in [-0.3, -0.25) is 10.2 Å². The number of nitrogens with zero attached hydrogens (tertiary/aromatic N) is 4. The van der Waals surface area contributed by atoms with Crippen LogP contribution in [0.2, 0.25) is 0 Å². The highest BCUT2D eigenvalue weighted by molar-refractivity contribution is 8.26. The number of aliphatic imine (C=N–C) groups is 1. The lowest BCUT2D eigenvalue weighted by Crippen LogP contribution is -2.35. The van der Waals surface area contributed by atoms with E-state index in [1.54, 1.807) is 6.08 Å². The quantitative estimate of drug-likeness (QED) is 0.264. The van der Waals surface area contributed by atoms with E-state index in [1.165, 1.54) is 53.2 Å². The van der Waals surface area contributed by atoms with Crippen LogP contribution in [0.1, 0.15) is 62.4 Å². The van der Waals surface area contributed by atoms with Gasteiger partial charge in [-0.05, 0) is 67.6 Å². The Balaban J connectivity index is 1.42. The number of aryl methyl sites for hydroxylation is 1. The zero-order valence-corrected chi connectivity index (χ0v) is 21.9. The molecular weight excluding hydrogens is 466 g/mol. The van der Waals surface area contributed by atoms with E-state index in [0.29, 0.717) is 5.17 Å². The van der Waals surface area contributed by atoms with Gasteiger partial charge in [0, 0.05) is 16.8 Å². The molecule has 184 valence electrons. The summed E-state index contributed by atoms with van der Waals surface area (Å²) in [6.07, 6.45) is 8.60. The maximum atomic E-state index is 12.9. The second-order valence-electron chi connectivity index (χ2n) is 9.34. The molecule has 0 fully saturated rings. The summed E-state index contributed by atoms with van der Waals surface area (Å²) in [7, 11) is 0. The van der Waals surface area contributed by atoms with Crippen molar-refractivity contribution < 1.29 is 4.79 Å². The van der Waals surface area contributed by atoms with Crippen LogP contribution in [0.25, 0.3) is 22.5 Å². The Hall–Kier alpha value is -3.45. The summed E-state index contributed by atoms with van der Waals surface area (Å²) < 4.78 is 2.21. The highest BCUT2D eigenvalue weighted by atomic mass is 32.2. The van der Waals surface area contributed by atoms with Gasteiger partial charge in [-0.2, -0.15) is 15.1 Å². The van der Waals surface area contributed by atoms with Gasteiger partial charge in [-0.25, -0.2) is 0 Å². The van der Waals surface area contributed by atoms with Crippen molar-refractivity contribution in [1.29, 1.82) is 5.41 Å². The van der Waals surface area contributed by atoms with Crippen molar-refractivity contribution in [3.8, 4) is 5.69 Å². The molecule has 0 bridgehead atoms. The van der Waals surface area contributed by atoms with E-state index in [0.717, 1.165) is 40.5 Å². The van der Waals surface area contributed by atoms with E-state index >= 15 is 0 Å². The number of carbonyl (C=O) groups is 1. The SMILES string of the molecule is CCCCCCCC1=NN2C(=N)/C(=C/c3cc(C)n(-c4cccc5ccccc45)c3C)C(=O)N=C2S1. The van der Waals surface area contributed by atoms with E-state index in [1.807, 2.05) is 13.0 Å². The van der Waals surface area contributed by atoms with Crippen LogP contribution >= 0.6 is 11.8 Å². The number of benzene rings is 2. The van der Waals surface area contributed by atoms with Gasteiger partial charge in [0.1, 0.15) is 5.04 Å². The van der Waals surface area contributed by atoms with Crippen molar-refractivity contribution in [2.24, 2.45) is 10.1 Å². The number of thioether (sulfide) groups is 1. The van der Waals surface area contributed by atoms with Crippen molar-refractivity contribution >= 4 is 50.6 Å². The van der Waals surface area contributed by atoms with Crippen molar-refractivity contribution in [2.45, 2.75) is 59.3 Å². The number of nitrogens with one attached hydrogen (secondary N) is 1. The van der Waals surface area contributed by atoms with E-state index in [-0.39, 0.29) is 17.3 Å². The number of aromatic nitrogens is 1. The van der Waals surface area contributed by atoms with Crippen molar-refractivity contribution in [3.05, 3.63) is 71.1 Å². The Bertz CT molecular complexity index is 1440. The first kappa shape index (κ1) is 24.3. The third kappa shape index (κ3) is 4.55. The van der Waals surface area contributed by atoms with Crippen LogP contribution in [0, 0.1) is 19.3 Å². The highest BCUT2D eigenvalue weighted by Gasteiger charge is 2.35. The summed E-state index contributed by atoms with van der Waals surface area (Å²) >= 11 is 1.42. The molecule has 0 radical (unpaired) electrons. The number of rotatable bonds is 8. The van der Waals surface area contributed by atoms with Crippen LogP contribution in [0.15, 0.2) is 64.2 Å². The normalized spacial score (nSPS) is 16.6. The summed E-state index contributed by atoms with van der Waals surface area (Å²) in [6, 6.07) is 16.7. The molecule has 5 rings (SSSR count). The Kier molecular flexibility index (Phi) is 6.92. The molecule has 3 heterocycles. The smallest absolute Gasteiger partial charge is 0.283 e. The minimum absolute atomic E-state index is 0.0912. The molecule has 0 aliphatic carbocycles. The maximum Gasteiger partial charge on any atom is 0.283 e. The Morgan fingerprint density at radius 2 is 1.81 bits per heavy atom. The number of hydrogen-bond donors (Lipinski definition) is 1. The van der Waals surface area contributed by atoms with Gasteiger partial charge >= 0.3 is 0 Å².